The molecule has 0 bridgehead atoms. The van der Waals surface area contributed by atoms with E-state index in [1.165, 1.54) is 32.4 Å². The van der Waals surface area contributed by atoms with Gasteiger partial charge >= 0.3 is 0 Å². The SMILES string of the molecule is CC1NCCCC1C(=O)NCCN1CCCCC1. The zero-order valence-electron chi connectivity index (χ0n) is 11.6. The van der Waals surface area contributed by atoms with Crippen LogP contribution in [0.3, 0.4) is 0 Å². The van der Waals surface area contributed by atoms with Crippen LogP contribution in [0.2, 0.25) is 0 Å². The van der Waals surface area contributed by atoms with Gasteiger partial charge in [0, 0.05) is 19.1 Å². The van der Waals surface area contributed by atoms with Crippen LogP contribution in [0.15, 0.2) is 0 Å². The Bertz CT molecular complexity index is 264. The van der Waals surface area contributed by atoms with Gasteiger partial charge in [0.25, 0.3) is 0 Å². The van der Waals surface area contributed by atoms with Gasteiger partial charge in [0.2, 0.25) is 5.91 Å². The summed E-state index contributed by atoms with van der Waals surface area (Å²) in [4.78, 5) is 14.5. The van der Waals surface area contributed by atoms with Crippen molar-refractivity contribution in [3.63, 3.8) is 0 Å². The maximum absolute atomic E-state index is 12.1. The number of amides is 1. The van der Waals surface area contributed by atoms with E-state index in [4.69, 9.17) is 0 Å². The number of nitrogens with one attached hydrogen (secondary N) is 2. The molecule has 0 spiro atoms. The van der Waals surface area contributed by atoms with E-state index >= 15 is 0 Å². The van der Waals surface area contributed by atoms with Crippen molar-refractivity contribution in [3.8, 4) is 0 Å². The largest absolute Gasteiger partial charge is 0.355 e. The molecular formula is C14H27N3O. The predicted molar refractivity (Wildman–Crippen MR) is 73.5 cm³/mol. The van der Waals surface area contributed by atoms with Crippen LogP contribution in [0, 0.1) is 5.92 Å². The Morgan fingerprint density at radius 3 is 2.78 bits per heavy atom. The van der Waals surface area contributed by atoms with Crippen LogP contribution in [-0.2, 0) is 4.79 Å². The van der Waals surface area contributed by atoms with E-state index in [2.05, 4.69) is 22.5 Å². The van der Waals surface area contributed by atoms with Gasteiger partial charge in [0.05, 0.1) is 5.92 Å². The molecule has 0 aliphatic carbocycles. The number of likely N-dealkylation sites (tertiary alicyclic amines) is 1. The molecule has 4 nitrogen and oxygen atoms in total. The number of hydrogen-bond acceptors (Lipinski definition) is 3. The second-order valence-corrected chi connectivity index (χ2v) is 5.68. The zero-order chi connectivity index (χ0) is 12.8. The number of carbonyl (C=O) groups excluding carboxylic acids is 1. The molecule has 0 saturated carbocycles. The van der Waals surface area contributed by atoms with Crippen LogP contribution in [0.1, 0.15) is 39.0 Å². The van der Waals surface area contributed by atoms with E-state index in [1.54, 1.807) is 0 Å². The Morgan fingerprint density at radius 1 is 1.28 bits per heavy atom. The van der Waals surface area contributed by atoms with Crippen LogP contribution >= 0.6 is 0 Å². The van der Waals surface area contributed by atoms with Gasteiger partial charge in [-0.2, -0.15) is 0 Å². The van der Waals surface area contributed by atoms with Crippen LogP contribution in [0.25, 0.3) is 0 Å². The fourth-order valence-corrected chi connectivity index (χ4v) is 3.05. The molecule has 1 amide bonds. The molecule has 0 radical (unpaired) electrons. The Morgan fingerprint density at radius 2 is 2.06 bits per heavy atom. The third-order valence-corrected chi connectivity index (χ3v) is 4.27. The minimum Gasteiger partial charge on any atom is -0.355 e. The van der Waals surface area contributed by atoms with Gasteiger partial charge in [-0.15, -0.1) is 0 Å². The van der Waals surface area contributed by atoms with Crippen LogP contribution in [0.4, 0.5) is 0 Å². The van der Waals surface area contributed by atoms with Crippen molar-refractivity contribution in [2.75, 3.05) is 32.7 Å². The highest BCUT2D eigenvalue weighted by atomic mass is 16.1. The molecule has 2 atom stereocenters. The summed E-state index contributed by atoms with van der Waals surface area (Å²) in [6.07, 6.45) is 6.15. The molecule has 2 aliphatic heterocycles. The lowest BCUT2D eigenvalue weighted by atomic mass is 9.91. The molecule has 2 rings (SSSR count). The fourth-order valence-electron chi connectivity index (χ4n) is 3.05. The molecule has 0 aromatic heterocycles. The van der Waals surface area contributed by atoms with Crippen molar-refractivity contribution in [1.29, 1.82) is 0 Å². The molecule has 2 heterocycles. The normalized spacial score (nSPS) is 30.1. The van der Waals surface area contributed by atoms with E-state index in [0.717, 1.165) is 32.5 Å². The Labute approximate surface area is 110 Å². The number of hydrogen-bond donors (Lipinski definition) is 2. The first kappa shape index (κ1) is 13.8. The summed E-state index contributed by atoms with van der Waals surface area (Å²) in [7, 11) is 0. The van der Waals surface area contributed by atoms with Crippen LogP contribution in [0.5, 0.6) is 0 Å². The highest BCUT2D eigenvalue weighted by Gasteiger charge is 2.27. The van der Waals surface area contributed by atoms with Crippen LogP contribution < -0.4 is 10.6 Å². The van der Waals surface area contributed by atoms with Crippen molar-refractivity contribution < 1.29 is 4.79 Å². The van der Waals surface area contributed by atoms with Gasteiger partial charge in [-0.25, -0.2) is 0 Å². The maximum Gasteiger partial charge on any atom is 0.224 e. The van der Waals surface area contributed by atoms with Crippen LogP contribution in [-0.4, -0.2) is 49.6 Å². The van der Waals surface area contributed by atoms with E-state index in [1.807, 2.05) is 0 Å². The quantitative estimate of drug-likeness (QED) is 0.785. The summed E-state index contributed by atoms with van der Waals surface area (Å²) in [6.45, 7) is 7.41. The molecule has 2 N–H and O–H groups in total. The molecule has 2 aliphatic rings. The highest BCUT2D eigenvalue weighted by Crippen LogP contribution is 2.16. The van der Waals surface area contributed by atoms with Crippen molar-refractivity contribution >= 4 is 5.91 Å². The summed E-state index contributed by atoms with van der Waals surface area (Å²) >= 11 is 0. The standard InChI is InChI=1S/C14H27N3O/c1-12-13(6-5-7-15-12)14(18)16-8-11-17-9-3-2-4-10-17/h12-13,15H,2-11H2,1H3,(H,16,18). The summed E-state index contributed by atoms with van der Waals surface area (Å²) < 4.78 is 0. The topological polar surface area (TPSA) is 44.4 Å². The highest BCUT2D eigenvalue weighted by molar-refractivity contribution is 5.79. The van der Waals surface area contributed by atoms with Gasteiger partial charge < -0.3 is 15.5 Å². The van der Waals surface area contributed by atoms with Crippen molar-refractivity contribution in [2.45, 2.75) is 45.1 Å². The smallest absolute Gasteiger partial charge is 0.224 e. The first-order chi connectivity index (χ1) is 8.77. The summed E-state index contributed by atoms with van der Waals surface area (Å²) in [5, 5.41) is 6.49. The first-order valence-electron chi connectivity index (χ1n) is 7.51. The summed E-state index contributed by atoms with van der Waals surface area (Å²) in [6, 6.07) is 0.328. The van der Waals surface area contributed by atoms with E-state index in [0.29, 0.717) is 6.04 Å². The number of carbonyl (C=O) groups is 1. The van der Waals surface area contributed by atoms with E-state index < -0.39 is 0 Å². The molecule has 18 heavy (non-hydrogen) atoms. The van der Waals surface area contributed by atoms with Gasteiger partial charge in [0.1, 0.15) is 0 Å². The molecule has 0 aromatic rings. The molecule has 0 aromatic carbocycles. The number of rotatable bonds is 4. The maximum atomic E-state index is 12.1. The van der Waals surface area contributed by atoms with Gasteiger partial charge in [-0.3, -0.25) is 4.79 Å². The lowest BCUT2D eigenvalue weighted by Gasteiger charge is -2.30. The molecule has 104 valence electrons. The lowest BCUT2D eigenvalue weighted by molar-refractivity contribution is -0.126. The van der Waals surface area contributed by atoms with Crippen molar-refractivity contribution in [1.82, 2.24) is 15.5 Å². The fraction of sp³-hybridized carbons (Fsp3) is 0.929. The molecule has 2 unspecified atom stereocenters. The van der Waals surface area contributed by atoms with Gasteiger partial charge in [-0.05, 0) is 52.2 Å². The third-order valence-electron chi connectivity index (χ3n) is 4.27. The average molecular weight is 253 g/mol. The predicted octanol–water partition coefficient (Wildman–Crippen LogP) is 0.977. The first-order valence-corrected chi connectivity index (χ1v) is 7.51. The summed E-state index contributed by atoms with van der Waals surface area (Å²) in [5.74, 6) is 0.409. The molecule has 4 heteroatoms. The van der Waals surface area contributed by atoms with E-state index in [-0.39, 0.29) is 11.8 Å². The second-order valence-electron chi connectivity index (χ2n) is 5.68. The molecule has 2 fully saturated rings. The van der Waals surface area contributed by atoms with Crippen molar-refractivity contribution in [3.05, 3.63) is 0 Å². The average Bonchev–Trinajstić information content (AvgIpc) is 2.40. The Balaban J connectivity index is 1.64. The lowest BCUT2D eigenvalue weighted by Crippen LogP contribution is -2.48. The van der Waals surface area contributed by atoms with Gasteiger partial charge in [0.15, 0.2) is 0 Å². The zero-order valence-corrected chi connectivity index (χ0v) is 11.6. The second kappa shape index (κ2) is 7.10. The monoisotopic (exact) mass is 253 g/mol. The molecular weight excluding hydrogens is 226 g/mol. The minimum atomic E-state index is 0.167. The Hall–Kier alpha value is -0.610. The number of piperidine rings is 2. The minimum absolute atomic E-state index is 0.167. The number of nitrogens with zero attached hydrogens (tertiary/aromatic N) is 1. The summed E-state index contributed by atoms with van der Waals surface area (Å²) in [5.41, 5.74) is 0. The van der Waals surface area contributed by atoms with Crippen molar-refractivity contribution in [2.24, 2.45) is 5.92 Å². The molecule has 2 saturated heterocycles. The third kappa shape index (κ3) is 3.95. The Kier molecular flexibility index (Phi) is 5.45. The van der Waals surface area contributed by atoms with E-state index in [9.17, 15) is 4.79 Å². The van der Waals surface area contributed by atoms with Gasteiger partial charge in [-0.1, -0.05) is 6.42 Å².